The van der Waals surface area contributed by atoms with Crippen LogP contribution in [-0.2, 0) is 9.47 Å². The van der Waals surface area contributed by atoms with Gasteiger partial charge in [-0.15, -0.1) is 0 Å². The van der Waals surface area contributed by atoms with Crippen LogP contribution in [0.3, 0.4) is 0 Å². The molecule has 2 aliphatic rings. The van der Waals surface area contributed by atoms with Crippen molar-refractivity contribution in [1.29, 1.82) is 0 Å². The first-order valence-electron chi connectivity index (χ1n) is 4.26. The quantitative estimate of drug-likeness (QED) is 0.556. The van der Waals surface area contributed by atoms with Gasteiger partial charge in [0.1, 0.15) is 6.10 Å². The highest BCUT2D eigenvalue weighted by atomic mass is 16.6. The molecule has 4 nitrogen and oxygen atoms in total. The number of aliphatic hydroxyl groups excluding tert-OH is 1. The molecular formula is C8H15NO3. The van der Waals surface area contributed by atoms with Crippen LogP contribution >= 0.6 is 0 Å². The van der Waals surface area contributed by atoms with E-state index in [2.05, 4.69) is 4.90 Å². The summed E-state index contributed by atoms with van der Waals surface area (Å²) in [7, 11) is 3.68. The first kappa shape index (κ1) is 8.44. The highest BCUT2D eigenvalue weighted by molar-refractivity contribution is 5.01. The first-order valence-corrected chi connectivity index (χ1v) is 4.26. The molecule has 1 N–H and O–H groups in total. The number of aliphatic hydroxyl groups is 1. The van der Waals surface area contributed by atoms with E-state index in [1.165, 1.54) is 0 Å². The Morgan fingerprint density at radius 2 is 2.33 bits per heavy atom. The molecule has 0 saturated carbocycles. The van der Waals surface area contributed by atoms with E-state index in [0.29, 0.717) is 6.61 Å². The van der Waals surface area contributed by atoms with E-state index in [1.807, 2.05) is 7.05 Å². The van der Waals surface area contributed by atoms with Crippen molar-refractivity contribution in [2.45, 2.75) is 24.4 Å². The lowest BCUT2D eigenvalue weighted by Gasteiger charge is -2.18. The van der Waals surface area contributed by atoms with E-state index < -0.39 is 0 Å². The third kappa shape index (κ3) is 1.07. The van der Waals surface area contributed by atoms with Gasteiger partial charge >= 0.3 is 0 Å². The largest absolute Gasteiger partial charge is 0.389 e. The maximum absolute atomic E-state index is 9.56. The van der Waals surface area contributed by atoms with Crippen molar-refractivity contribution in [3.8, 4) is 0 Å². The van der Waals surface area contributed by atoms with Crippen LogP contribution in [0.15, 0.2) is 0 Å². The topological polar surface area (TPSA) is 41.9 Å². The van der Waals surface area contributed by atoms with Crippen LogP contribution in [0, 0.1) is 0 Å². The van der Waals surface area contributed by atoms with E-state index in [9.17, 15) is 5.11 Å². The molecule has 12 heavy (non-hydrogen) atoms. The second-order valence-corrected chi connectivity index (χ2v) is 3.57. The molecule has 0 aromatic rings. The zero-order valence-corrected chi connectivity index (χ0v) is 7.43. The fourth-order valence-electron chi connectivity index (χ4n) is 2.22. The molecule has 0 unspecified atom stereocenters. The van der Waals surface area contributed by atoms with Gasteiger partial charge in [0.25, 0.3) is 0 Å². The van der Waals surface area contributed by atoms with Gasteiger partial charge in [-0.3, -0.25) is 4.90 Å². The number of likely N-dealkylation sites (tertiary alicyclic amines) is 1. The highest BCUT2D eigenvalue weighted by Crippen LogP contribution is 2.29. The van der Waals surface area contributed by atoms with E-state index >= 15 is 0 Å². The minimum Gasteiger partial charge on any atom is -0.389 e. The Bertz CT molecular complexity index is 176. The summed E-state index contributed by atoms with van der Waals surface area (Å²) in [5, 5.41) is 9.56. The lowest BCUT2D eigenvalue weighted by atomic mass is 10.1. The fourth-order valence-corrected chi connectivity index (χ4v) is 2.22. The van der Waals surface area contributed by atoms with Gasteiger partial charge in [-0.05, 0) is 7.05 Å². The van der Waals surface area contributed by atoms with Crippen molar-refractivity contribution in [3.63, 3.8) is 0 Å². The summed E-state index contributed by atoms with van der Waals surface area (Å²) in [5.74, 6) is 0. The normalized spacial score (nSPS) is 48.2. The molecule has 0 aromatic heterocycles. The smallest absolute Gasteiger partial charge is 0.103 e. The lowest BCUT2D eigenvalue weighted by molar-refractivity contribution is -0.0105. The van der Waals surface area contributed by atoms with E-state index in [0.717, 1.165) is 6.54 Å². The molecule has 0 spiro atoms. The maximum atomic E-state index is 9.56. The van der Waals surface area contributed by atoms with Crippen LogP contribution in [0.2, 0.25) is 0 Å². The number of likely N-dealkylation sites (N-methyl/N-ethyl adjacent to an activating group) is 1. The Kier molecular flexibility index (Phi) is 2.08. The van der Waals surface area contributed by atoms with Crippen molar-refractivity contribution >= 4 is 0 Å². The van der Waals surface area contributed by atoms with Crippen molar-refractivity contribution in [3.05, 3.63) is 0 Å². The summed E-state index contributed by atoms with van der Waals surface area (Å²) >= 11 is 0. The number of hydrogen-bond donors (Lipinski definition) is 1. The third-order valence-electron chi connectivity index (χ3n) is 2.84. The van der Waals surface area contributed by atoms with Gasteiger partial charge in [0.15, 0.2) is 0 Å². The van der Waals surface area contributed by atoms with Crippen LogP contribution in [0.1, 0.15) is 0 Å². The van der Waals surface area contributed by atoms with Gasteiger partial charge in [-0.1, -0.05) is 0 Å². The molecule has 2 saturated heterocycles. The van der Waals surface area contributed by atoms with Crippen molar-refractivity contribution in [2.24, 2.45) is 0 Å². The average molecular weight is 173 g/mol. The van der Waals surface area contributed by atoms with Crippen LogP contribution in [0.25, 0.3) is 0 Å². The molecule has 4 atom stereocenters. The summed E-state index contributed by atoms with van der Waals surface area (Å²) in [6.45, 7) is 1.29. The molecule has 0 aromatic carbocycles. The number of ether oxygens (including phenoxy) is 2. The monoisotopic (exact) mass is 173 g/mol. The van der Waals surface area contributed by atoms with Crippen molar-refractivity contribution in [2.75, 3.05) is 27.3 Å². The SMILES string of the molecule is CO[C@H]1CN(C)[C@H]2[C@@H]1OC[C@@H]2O. The molecular weight excluding hydrogens is 158 g/mol. The second-order valence-electron chi connectivity index (χ2n) is 3.57. The van der Waals surface area contributed by atoms with E-state index in [4.69, 9.17) is 9.47 Å². The van der Waals surface area contributed by atoms with Gasteiger partial charge in [-0.2, -0.15) is 0 Å². The molecule has 0 aliphatic carbocycles. The van der Waals surface area contributed by atoms with Gasteiger partial charge in [0, 0.05) is 13.7 Å². The van der Waals surface area contributed by atoms with Gasteiger partial charge in [0.05, 0.1) is 24.9 Å². The van der Waals surface area contributed by atoms with Gasteiger partial charge in [0.2, 0.25) is 0 Å². The first-order chi connectivity index (χ1) is 5.74. The molecule has 2 heterocycles. The third-order valence-corrected chi connectivity index (χ3v) is 2.84. The Hall–Kier alpha value is -0.160. The summed E-state index contributed by atoms with van der Waals surface area (Å²) in [6.07, 6.45) is -0.160. The van der Waals surface area contributed by atoms with Crippen molar-refractivity contribution in [1.82, 2.24) is 4.90 Å². The zero-order chi connectivity index (χ0) is 8.72. The Morgan fingerprint density at radius 3 is 3.00 bits per heavy atom. The Morgan fingerprint density at radius 1 is 1.58 bits per heavy atom. The zero-order valence-electron chi connectivity index (χ0n) is 7.43. The molecule has 2 aliphatic heterocycles. The minimum absolute atomic E-state index is 0.0648. The summed E-state index contributed by atoms with van der Waals surface area (Å²) in [4.78, 5) is 2.11. The van der Waals surface area contributed by atoms with Crippen LogP contribution in [0.4, 0.5) is 0 Å². The second kappa shape index (κ2) is 2.96. The van der Waals surface area contributed by atoms with E-state index in [1.54, 1.807) is 7.11 Å². The minimum atomic E-state index is -0.347. The number of hydrogen-bond acceptors (Lipinski definition) is 4. The molecule has 2 fully saturated rings. The molecule has 2 rings (SSSR count). The molecule has 0 radical (unpaired) electrons. The van der Waals surface area contributed by atoms with Gasteiger partial charge in [-0.25, -0.2) is 0 Å². The highest BCUT2D eigenvalue weighted by Gasteiger charge is 2.49. The average Bonchev–Trinajstić information content (AvgIpc) is 2.55. The van der Waals surface area contributed by atoms with E-state index in [-0.39, 0.29) is 24.4 Å². The predicted molar refractivity (Wildman–Crippen MR) is 43.0 cm³/mol. The standard InChI is InChI=1S/C8H15NO3/c1-9-3-6(11-2)8-7(9)5(10)4-12-8/h5-8,10H,3-4H2,1-2H3/t5-,6-,7+,8+/m0/s1. The summed E-state index contributed by atoms with van der Waals surface area (Å²) in [5.41, 5.74) is 0. The van der Waals surface area contributed by atoms with Crippen LogP contribution in [0.5, 0.6) is 0 Å². The molecule has 70 valence electrons. The molecule has 0 bridgehead atoms. The maximum Gasteiger partial charge on any atom is 0.103 e. The Labute approximate surface area is 72.1 Å². The van der Waals surface area contributed by atoms with Crippen LogP contribution < -0.4 is 0 Å². The Balaban J connectivity index is 2.11. The molecule has 4 heteroatoms. The van der Waals surface area contributed by atoms with Crippen molar-refractivity contribution < 1.29 is 14.6 Å². The predicted octanol–water partition coefficient (Wildman–Crippen LogP) is -0.925. The van der Waals surface area contributed by atoms with Crippen LogP contribution in [-0.4, -0.2) is 61.7 Å². The molecule has 0 amide bonds. The summed E-state index contributed by atoms with van der Waals surface area (Å²) in [6, 6.07) is 0.134. The number of fused-ring (bicyclic) bond motifs is 1. The van der Waals surface area contributed by atoms with Gasteiger partial charge < -0.3 is 14.6 Å². The fraction of sp³-hybridized carbons (Fsp3) is 1.00. The number of nitrogens with zero attached hydrogens (tertiary/aromatic N) is 1. The summed E-state index contributed by atoms with van der Waals surface area (Å²) < 4.78 is 10.7. The number of rotatable bonds is 1. The lowest BCUT2D eigenvalue weighted by Crippen LogP contribution is -2.38. The number of methoxy groups -OCH3 is 1.